The summed E-state index contributed by atoms with van der Waals surface area (Å²) in [6.07, 6.45) is 2.13. The first kappa shape index (κ1) is 18.5. The van der Waals surface area contributed by atoms with Crippen molar-refractivity contribution < 1.29 is 9.53 Å². The van der Waals surface area contributed by atoms with Gasteiger partial charge in [0.05, 0.1) is 12.8 Å². The molecule has 0 radical (unpaired) electrons. The number of carbonyl (C=O) groups is 1. The van der Waals surface area contributed by atoms with E-state index in [4.69, 9.17) is 5.73 Å². The second kappa shape index (κ2) is 8.27. The zero-order valence-corrected chi connectivity index (χ0v) is 11.6. The van der Waals surface area contributed by atoms with Crippen LogP contribution in [0, 0.1) is 0 Å². The van der Waals surface area contributed by atoms with E-state index in [9.17, 15) is 4.79 Å². The van der Waals surface area contributed by atoms with E-state index in [1.54, 1.807) is 10.9 Å². The molecule has 0 bridgehead atoms. The number of carbonyl (C=O) groups excluding carboxylic acids is 1. The highest BCUT2D eigenvalue weighted by Gasteiger charge is 2.16. The highest BCUT2D eigenvalue weighted by molar-refractivity contribution is 5.85. The molecule has 0 aliphatic heterocycles. The number of hydrogen-bond acceptors (Lipinski definition) is 5. The summed E-state index contributed by atoms with van der Waals surface area (Å²) in [5, 5.41) is 7.83. The predicted octanol–water partition coefficient (Wildman–Crippen LogP) is 0.745. The predicted molar refractivity (Wildman–Crippen MR) is 68.6 cm³/mol. The van der Waals surface area contributed by atoms with Crippen molar-refractivity contribution in [3.05, 3.63) is 11.9 Å². The Bertz CT molecular complexity index is 343. The Kier molecular flexibility index (Phi) is 9.01. The maximum Gasteiger partial charge on any atom is 0.323 e. The lowest BCUT2D eigenvalue weighted by atomic mass is 10.2. The fraction of sp³-hybridized carbons (Fsp3) is 0.667. The van der Waals surface area contributed by atoms with Gasteiger partial charge in [-0.25, -0.2) is 4.68 Å². The van der Waals surface area contributed by atoms with E-state index in [1.807, 2.05) is 13.8 Å². The standard InChI is InChI=1S/C9H16N4O2.2ClH/c1-6(2)13-5-7(11-12-13)4-8(10)9(14)15-3;;/h5-6,8H,4,10H2,1-3H3;2*1H. The molecule has 1 aromatic rings. The lowest BCUT2D eigenvalue weighted by Gasteiger charge is -2.06. The van der Waals surface area contributed by atoms with Gasteiger partial charge < -0.3 is 10.5 Å². The second-order valence-electron chi connectivity index (χ2n) is 3.62. The van der Waals surface area contributed by atoms with Gasteiger partial charge in [-0.05, 0) is 13.8 Å². The number of methoxy groups -OCH3 is 1. The minimum absolute atomic E-state index is 0. The third-order valence-corrected chi connectivity index (χ3v) is 2.02. The molecular formula is C9H18Cl2N4O2. The average molecular weight is 285 g/mol. The summed E-state index contributed by atoms with van der Waals surface area (Å²) in [4.78, 5) is 11.1. The van der Waals surface area contributed by atoms with Crippen molar-refractivity contribution in [1.29, 1.82) is 0 Å². The monoisotopic (exact) mass is 284 g/mol. The Morgan fingerprint density at radius 2 is 2.12 bits per heavy atom. The van der Waals surface area contributed by atoms with Crippen molar-refractivity contribution in [1.82, 2.24) is 15.0 Å². The van der Waals surface area contributed by atoms with Gasteiger partial charge in [-0.15, -0.1) is 29.9 Å². The summed E-state index contributed by atoms with van der Waals surface area (Å²) in [5.74, 6) is -0.436. The number of aromatic nitrogens is 3. The van der Waals surface area contributed by atoms with Gasteiger partial charge in [0.25, 0.3) is 0 Å². The van der Waals surface area contributed by atoms with Crippen LogP contribution < -0.4 is 5.73 Å². The van der Waals surface area contributed by atoms with Crippen LogP contribution in [0.1, 0.15) is 25.6 Å². The molecule has 1 unspecified atom stereocenters. The average Bonchev–Trinajstić information content (AvgIpc) is 2.65. The SMILES string of the molecule is COC(=O)C(N)Cc1cn(C(C)C)nn1.Cl.Cl. The van der Waals surface area contributed by atoms with Gasteiger partial charge in [0.1, 0.15) is 6.04 Å². The van der Waals surface area contributed by atoms with Crippen LogP contribution in [-0.2, 0) is 16.0 Å². The summed E-state index contributed by atoms with van der Waals surface area (Å²) in [5.41, 5.74) is 6.29. The number of hydrogen-bond donors (Lipinski definition) is 1. The van der Waals surface area contributed by atoms with Crippen LogP contribution in [-0.4, -0.2) is 34.1 Å². The number of nitrogens with two attached hydrogens (primary N) is 1. The smallest absolute Gasteiger partial charge is 0.323 e. The minimum atomic E-state index is -0.674. The summed E-state index contributed by atoms with van der Waals surface area (Å²) in [7, 11) is 1.31. The molecule has 1 atom stereocenters. The highest BCUT2D eigenvalue weighted by Crippen LogP contribution is 2.04. The van der Waals surface area contributed by atoms with Crippen LogP contribution in [0.4, 0.5) is 0 Å². The minimum Gasteiger partial charge on any atom is -0.468 e. The fourth-order valence-corrected chi connectivity index (χ4v) is 1.12. The van der Waals surface area contributed by atoms with Crippen molar-refractivity contribution in [2.75, 3.05) is 7.11 Å². The Hall–Kier alpha value is -0.850. The third-order valence-electron chi connectivity index (χ3n) is 2.02. The second-order valence-corrected chi connectivity index (χ2v) is 3.62. The number of esters is 1. The zero-order valence-electron chi connectivity index (χ0n) is 9.99. The molecule has 0 fully saturated rings. The Morgan fingerprint density at radius 1 is 1.53 bits per heavy atom. The molecule has 0 saturated carbocycles. The zero-order chi connectivity index (χ0) is 11.4. The molecule has 0 spiro atoms. The van der Waals surface area contributed by atoms with Crippen molar-refractivity contribution >= 4 is 30.8 Å². The maximum absolute atomic E-state index is 11.1. The van der Waals surface area contributed by atoms with E-state index in [-0.39, 0.29) is 30.9 Å². The molecule has 1 rings (SSSR count). The van der Waals surface area contributed by atoms with E-state index in [0.717, 1.165) is 0 Å². The van der Waals surface area contributed by atoms with Crippen LogP contribution >= 0.6 is 24.8 Å². The van der Waals surface area contributed by atoms with Crippen LogP contribution in [0.5, 0.6) is 0 Å². The molecule has 6 nitrogen and oxygen atoms in total. The molecule has 1 aromatic heterocycles. The van der Waals surface area contributed by atoms with Crippen LogP contribution in [0.25, 0.3) is 0 Å². The molecule has 0 aromatic carbocycles. The lowest BCUT2D eigenvalue weighted by Crippen LogP contribution is -2.33. The van der Waals surface area contributed by atoms with Crippen molar-refractivity contribution in [3.8, 4) is 0 Å². The first-order chi connectivity index (χ1) is 7.04. The first-order valence-corrected chi connectivity index (χ1v) is 4.78. The molecule has 0 saturated heterocycles. The van der Waals surface area contributed by atoms with Crippen molar-refractivity contribution in [2.45, 2.75) is 32.4 Å². The van der Waals surface area contributed by atoms with E-state index in [2.05, 4.69) is 15.0 Å². The molecule has 2 N–H and O–H groups in total. The fourth-order valence-electron chi connectivity index (χ4n) is 1.12. The van der Waals surface area contributed by atoms with Gasteiger partial charge in [-0.2, -0.15) is 0 Å². The maximum atomic E-state index is 11.1. The molecule has 1 heterocycles. The molecule has 100 valence electrons. The van der Waals surface area contributed by atoms with E-state index in [0.29, 0.717) is 12.1 Å². The van der Waals surface area contributed by atoms with Crippen LogP contribution in [0.3, 0.4) is 0 Å². The molecular weight excluding hydrogens is 267 g/mol. The topological polar surface area (TPSA) is 83.0 Å². The van der Waals surface area contributed by atoms with Crippen LogP contribution in [0.2, 0.25) is 0 Å². The number of rotatable bonds is 4. The van der Waals surface area contributed by atoms with Gasteiger partial charge >= 0.3 is 5.97 Å². The van der Waals surface area contributed by atoms with Gasteiger partial charge in [0.15, 0.2) is 0 Å². The number of ether oxygens (including phenoxy) is 1. The molecule has 17 heavy (non-hydrogen) atoms. The van der Waals surface area contributed by atoms with E-state index in [1.165, 1.54) is 7.11 Å². The molecule has 8 heteroatoms. The van der Waals surface area contributed by atoms with Crippen molar-refractivity contribution in [3.63, 3.8) is 0 Å². The normalized spacial score (nSPS) is 11.4. The quantitative estimate of drug-likeness (QED) is 0.825. The van der Waals surface area contributed by atoms with Crippen molar-refractivity contribution in [2.24, 2.45) is 5.73 Å². The Morgan fingerprint density at radius 3 is 2.53 bits per heavy atom. The van der Waals surface area contributed by atoms with Gasteiger partial charge in [-0.3, -0.25) is 4.79 Å². The van der Waals surface area contributed by atoms with E-state index < -0.39 is 12.0 Å². The molecule has 0 amide bonds. The first-order valence-electron chi connectivity index (χ1n) is 4.78. The third kappa shape index (κ3) is 5.34. The summed E-state index contributed by atoms with van der Waals surface area (Å²) in [6.45, 7) is 4.00. The molecule has 0 aliphatic rings. The highest BCUT2D eigenvalue weighted by atomic mass is 35.5. The van der Waals surface area contributed by atoms with Gasteiger partial charge in [0, 0.05) is 18.7 Å². The van der Waals surface area contributed by atoms with Gasteiger partial charge in [-0.1, -0.05) is 5.21 Å². The van der Waals surface area contributed by atoms with Crippen LogP contribution in [0.15, 0.2) is 6.20 Å². The summed E-state index contributed by atoms with van der Waals surface area (Å²) >= 11 is 0. The summed E-state index contributed by atoms with van der Waals surface area (Å²) in [6, 6.07) is -0.423. The molecule has 0 aliphatic carbocycles. The largest absolute Gasteiger partial charge is 0.468 e. The number of nitrogens with zero attached hydrogens (tertiary/aromatic N) is 3. The van der Waals surface area contributed by atoms with E-state index >= 15 is 0 Å². The lowest BCUT2D eigenvalue weighted by molar-refractivity contribution is -0.142. The summed E-state index contributed by atoms with van der Waals surface area (Å²) < 4.78 is 6.24. The Labute approximate surface area is 113 Å². The Balaban J connectivity index is 0. The van der Waals surface area contributed by atoms with Gasteiger partial charge in [0.2, 0.25) is 0 Å². The number of halogens is 2.